The Kier molecular flexibility index (Phi) is 6.22. The van der Waals surface area contributed by atoms with Gasteiger partial charge in [-0.15, -0.1) is 0 Å². The molecule has 0 fully saturated rings. The molecule has 2 aromatic carbocycles. The second kappa shape index (κ2) is 8.29. The van der Waals surface area contributed by atoms with Crippen LogP contribution in [-0.4, -0.2) is 22.0 Å². The lowest BCUT2D eigenvalue weighted by molar-refractivity contribution is 0.239. The molecule has 2 nitrogen and oxygen atoms in total. The maximum Gasteiger partial charge on any atom is 0.128 e. The molecule has 0 N–H and O–H groups in total. The van der Waals surface area contributed by atoms with Gasteiger partial charge in [0, 0.05) is 10.6 Å². The average Bonchev–Trinajstić information content (AvgIpc) is 3.26. The maximum absolute atomic E-state index is 6.65. The summed E-state index contributed by atoms with van der Waals surface area (Å²) in [7, 11) is -0.955. The van der Waals surface area contributed by atoms with Gasteiger partial charge in [-0.05, 0) is 61.3 Å². The Morgan fingerprint density at radius 2 is 0.969 bits per heavy atom. The highest BCUT2D eigenvalue weighted by Crippen LogP contribution is 2.64. The largest absolute Gasteiger partial charge is 0.485 e. The van der Waals surface area contributed by atoms with Crippen molar-refractivity contribution in [3.05, 3.63) is 36.4 Å². The zero-order valence-electron chi connectivity index (χ0n) is 21.5. The molecule has 32 heavy (non-hydrogen) atoms. The highest BCUT2D eigenvalue weighted by molar-refractivity contribution is 7.69. The molecule has 0 radical (unpaired) electrons. The van der Waals surface area contributed by atoms with Crippen LogP contribution in [0.3, 0.4) is 0 Å². The summed E-state index contributed by atoms with van der Waals surface area (Å²) in [4.78, 5) is 0. The third kappa shape index (κ3) is 4.01. The fourth-order valence-corrected chi connectivity index (χ4v) is 11.7. The first-order chi connectivity index (χ1) is 14.8. The smallest absolute Gasteiger partial charge is 0.128 e. The predicted molar refractivity (Wildman–Crippen MR) is 143 cm³/mol. The minimum atomic E-state index is -0.478. The topological polar surface area (TPSA) is 18.5 Å². The van der Waals surface area contributed by atoms with Crippen LogP contribution in [0.25, 0.3) is 11.1 Å². The van der Waals surface area contributed by atoms with Gasteiger partial charge in [0.1, 0.15) is 23.2 Å². The van der Waals surface area contributed by atoms with Crippen molar-refractivity contribution >= 4 is 26.5 Å². The first-order valence-corrected chi connectivity index (χ1v) is 14.8. The summed E-state index contributed by atoms with van der Waals surface area (Å²) >= 11 is 0. The van der Waals surface area contributed by atoms with E-state index in [9.17, 15) is 0 Å². The van der Waals surface area contributed by atoms with E-state index in [0.717, 1.165) is 11.5 Å². The molecule has 0 aliphatic carbocycles. The molecule has 0 aromatic heterocycles. The van der Waals surface area contributed by atoms with Crippen LogP contribution in [0.4, 0.5) is 0 Å². The van der Waals surface area contributed by atoms with Crippen LogP contribution in [0, 0.1) is 11.8 Å². The number of benzene rings is 2. The lowest BCUT2D eigenvalue weighted by Gasteiger charge is -2.35. The Bertz CT molecular complexity index is 916. The second-order valence-electron chi connectivity index (χ2n) is 11.9. The number of fused-ring (bicyclic) bond motifs is 2. The molecule has 4 heteroatoms. The summed E-state index contributed by atoms with van der Waals surface area (Å²) in [5.74, 6) is 3.70. The van der Waals surface area contributed by atoms with E-state index in [2.05, 4.69) is 106 Å². The third-order valence-electron chi connectivity index (χ3n) is 6.36. The van der Waals surface area contributed by atoms with Crippen LogP contribution in [0.2, 0.25) is 0 Å². The van der Waals surface area contributed by atoms with E-state index in [-0.39, 0.29) is 22.0 Å². The zero-order chi connectivity index (χ0) is 23.6. The molecule has 2 unspecified atom stereocenters. The fourth-order valence-electron chi connectivity index (χ4n) is 5.09. The highest BCUT2D eigenvalue weighted by atomic mass is 31.1. The summed E-state index contributed by atoms with van der Waals surface area (Å²) in [6.07, 6.45) is 0. The van der Waals surface area contributed by atoms with Crippen LogP contribution >= 0.6 is 15.8 Å². The molecule has 0 saturated heterocycles. The standard InChI is InChI=1S/C28H40O2P2/c1-17(2)25-29-21-15-11-13-19(23(21)31(25)27(5,6)7)20-14-12-16-22-24(20)32(28(8,9)10)26(30-22)18(3)4/h11-18,25-26H,1-10H3/t25-,26-,31?,32?/m0/s1. The first kappa shape index (κ1) is 24.0. The summed E-state index contributed by atoms with van der Waals surface area (Å²) < 4.78 is 13.3. The van der Waals surface area contributed by atoms with Gasteiger partial charge in [0.15, 0.2) is 0 Å². The summed E-state index contributed by atoms with van der Waals surface area (Å²) in [5.41, 5.74) is 2.74. The van der Waals surface area contributed by atoms with E-state index in [0.29, 0.717) is 11.8 Å². The van der Waals surface area contributed by atoms with Crippen LogP contribution in [0.1, 0.15) is 69.2 Å². The molecule has 174 valence electrons. The summed E-state index contributed by atoms with van der Waals surface area (Å²) in [5, 5.41) is 3.27. The Balaban J connectivity index is 1.96. The molecule has 2 aliphatic rings. The molecule has 0 spiro atoms. The van der Waals surface area contributed by atoms with Crippen molar-refractivity contribution in [3.63, 3.8) is 0 Å². The Morgan fingerprint density at radius 3 is 1.25 bits per heavy atom. The van der Waals surface area contributed by atoms with Gasteiger partial charge in [0.2, 0.25) is 0 Å². The van der Waals surface area contributed by atoms with E-state index in [1.807, 2.05) is 0 Å². The Labute approximate surface area is 198 Å². The molecule has 4 rings (SSSR count). The van der Waals surface area contributed by atoms with E-state index < -0.39 is 15.8 Å². The normalized spacial score (nSPS) is 25.0. The number of hydrogen-bond acceptors (Lipinski definition) is 2. The van der Waals surface area contributed by atoms with Crippen molar-refractivity contribution in [1.82, 2.24) is 0 Å². The van der Waals surface area contributed by atoms with Gasteiger partial charge in [0.25, 0.3) is 0 Å². The first-order valence-electron chi connectivity index (χ1n) is 12.0. The summed E-state index contributed by atoms with van der Waals surface area (Å²) in [6, 6.07) is 13.4. The quantitative estimate of drug-likeness (QED) is 0.424. The Morgan fingerprint density at radius 1 is 0.625 bits per heavy atom. The van der Waals surface area contributed by atoms with Gasteiger partial charge in [-0.3, -0.25) is 0 Å². The van der Waals surface area contributed by atoms with Gasteiger partial charge in [-0.25, -0.2) is 0 Å². The molecule has 0 bridgehead atoms. The van der Waals surface area contributed by atoms with E-state index >= 15 is 0 Å². The van der Waals surface area contributed by atoms with Crippen molar-refractivity contribution in [2.45, 2.75) is 91.2 Å². The van der Waals surface area contributed by atoms with Gasteiger partial charge in [0.05, 0.1) is 0 Å². The lowest BCUT2D eigenvalue weighted by atomic mass is 10.0. The molecule has 0 amide bonds. The van der Waals surface area contributed by atoms with E-state index in [1.165, 1.54) is 21.7 Å². The lowest BCUT2D eigenvalue weighted by Crippen LogP contribution is -2.29. The zero-order valence-corrected chi connectivity index (χ0v) is 23.3. The molecular weight excluding hydrogens is 430 g/mol. The SMILES string of the molecule is CC(C)[C@H]1Oc2cccc(-c3cccc4c3P(C(C)(C)C)[C@@H](C(C)C)O4)c2P1C(C)(C)C. The summed E-state index contributed by atoms with van der Waals surface area (Å²) in [6.45, 7) is 23.5. The Hall–Kier alpha value is -1.10. The van der Waals surface area contributed by atoms with E-state index in [4.69, 9.17) is 9.47 Å². The van der Waals surface area contributed by atoms with Gasteiger partial charge in [-0.1, -0.05) is 93.5 Å². The average molecular weight is 471 g/mol. The minimum absolute atomic E-state index is 0.176. The molecule has 2 aromatic rings. The maximum atomic E-state index is 6.65. The van der Waals surface area contributed by atoms with Gasteiger partial charge in [-0.2, -0.15) is 0 Å². The minimum Gasteiger partial charge on any atom is -0.485 e. The van der Waals surface area contributed by atoms with Crippen molar-refractivity contribution in [2.24, 2.45) is 11.8 Å². The van der Waals surface area contributed by atoms with Crippen LogP contribution in [0.15, 0.2) is 36.4 Å². The van der Waals surface area contributed by atoms with E-state index in [1.54, 1.807) is 0 Å². The molecule has 2 aliphatic heterocycles. The van der Waals surface area contributed by atoms with Crippen LogP contribution < -0.4 is 20.1 Å². The molecular formula is C28H40O2P2. The van der Waals surface area contributed by atoms with Crippen molar-refractivity contribution in [1.29, 1.82) is 0 Å². The number of rotatable bonds is 3. The number of hydrogen-bond donors (Lipinski definition) is 0. The highest BCUT2D eigenvalue weighted by Gasteiger charge is 2.47. The van der Waals surface area contributed by atoms with Crippen molar-refractivity contribution < 1.29 is 9.47 Å². The monoisotopic (exact) mass is 470 g/mol. The second-order valence-corrected chi connectivity index (χ2v) is 18.0. The molecule has 4 atom stereocenters. The van der Waals surface area contributed by atoms with Gasteiger partial charge < -0.3 is 9.47 Å². The molecule has 0 saturated carbocycles. The third-order valence-corrected chi connectivity index (χ3v) is 13.6. The van der Waals surface area contributed by atoms with Gasteiger partial charge >= 0.3 is 0 Å². The van der Waals surface area contributed by atoms with Crippen LogP contribution in [0.5, 0.6) is 11.5 Å². The van der Waals surface area contributed by atoms with Crippen molar-refractivity contribution in [2.75, 3.05) is 0 Å². The van der Waals surface area contributed by atoms with Crippen molar-refractivity contribution in [3.8, 4) is 22.6 Å². The predicted octanol–water partition coefficient (Wildman–Crippen LogP) is 7.91. The number of ether oxygens (including phenoxy) is 2. The van der Waals surface area contributed by atoms with Crippen LogP contribution in [-0.2, 0) is 0 Å². The fraction of sp³-hybridized carbons (Fsp3) is 0.571. The molecule has 2 heterocycles.